The van der Waals surface area contributed by atoms with Crippen LogP contribution in [-0.4, -0.2) is 23.9 Å². The van der Waals surface area contributed by atoms with Crippen molar-refractivity contribution in [2.24, 2.45) is 5.92 Å². The molecule has 1 saturated heterocycles. The normalized spacial score (nSPS) is 19.3. The summed E-state index contributed by atoms with van der Waals surface area (Å²) >= 11 is 12.1. The van der Waals surface area contributed by atoms with Crippen LogP contribution in [0.3, 0.4) is 0 Å². The third-order valence-corrected chi connectivity index (χ3v) is 4.12. The lowest BCUT2D eigenvalue weighted by molar-refractivity contribution is -0.127. The van der Waals surface area contributed by atoms with Crippen LogP contribution in [0.4, 0.5) is 0 Å². The Hall–Kier alpha value is -0.990. The van der Waals surface area contributed by atoms with E-state index in [2.05, 4.69) is 6.58 Å². The molecular formula is C14H15Cl2NO. The van der Waals surface area contributed by atoms with E-state index in [1.807, 2.05) is 23.1 Å². The zero-order chi connectivity index (χ0) is 13.1. The second-order valence-electron chi connectivity index (χ2n) is 4.50. The number of hydrogen-bond acceptors (Lipinski definition) is 1. The second-order valence-corrected chi connectivity index (χ2v) is 5.29. The summed E-state index contributed by atoms with van der Waals surface area (Å²) in [7, 11) is 0. The van der Waals surface area contributed by atoms with Crippen LogP contribution in [0.1, 0.15) is 12.0 Å². The first kappa shape index (κ1) is 13.4. The molecule has 0 bridgehead atoms. The minimum atomic E-state index is 0.193. The van der Waals surface area contributed by atoms with E-state index in [0.717, 1.165) is 18.5 Å². The number of carbonyl (C=O) groups excluding carboxylic acids is 1. The van der Waals surface area contributed by atoms with Crippen LogP contribution in [0.25, 0.3) is 0 Å². The molecule has 0 aliphatic carbocycles. The fourth-order valence-corrected chi connectivity index (χ4v) is 2.59. The molecule has 1 heterocycles. The summed E-state index contributed by atoms with van der Waals surface area (Å²) in [5.41, 5.74) is 0.985. The molecule has 1 aliphatic rings. The van der Waals surface area contributed by atoms with Crippen molar-refractivity contribution in [3.63, 3.8) is 0 Å². The molecule has 2 nitrogen and oxygen atoms in total. The van der Waals surface area contributed by atoms with Crippen molar-refractivity contribution in [1.29, 1.82) is 0 Å². The molecule has 1 aromatic carbocycles. The lowest BCUT2D eigenvalue weighted by atomic mass is 10.1. The van der Waals surface area contributed by atoms with Crippen molar-refractivity contribution in [2.45, 2.75) is 12.8 Å². The molecule has 2 rings (SSSR count). The van der Waals surface area contributed by atoms with Crippen molar-refractivity contribution in [2.75, 3.05) is 13.1 Å². The van der Waals surface area contributed by atoms with E-state index in [1.54, 1.807) is 6.07 Å². The molecule has 1 amide bonds. The zero-order valence-electron chi connectivity index (χ0n) is 10.0. The highest BCUT2D eigenvalue weighted by atomic mass is 35.5. The maximum Gasteiger partial charge on any atom is 0.223 e. The molecule has 4 heteroatoms. The maximum atomic E-state index is 11.7. The Kier molecular flexibility index (Phi) is 4.31. The van der Waals surface area contributed by atoms with Crippen LogP contribution in [-0.2, 0) is 11.2 Å². The summed E-state index contributed by atoms with van der Waals surface area (Å²) < 4.78 is 0. The highest BCUT2D eigenvalue weighted by Gasteiger charge is 2.27. The number of hydrogen-bond donors (Lipinski definition) is 0. The van der Waals surface area contributed by atoms with Gasteiger partial charge in [0.05, 0.1) is 10.0 Å². The Morgan fingerprint density at radius 1 is 1.44 bits per heavy atom. The van der Waals surface area contributed by atoms with E-state index in [4.69, 9.17) is 23.2 Å². The second kappa shape index (κ2) is 5.77. The van der Waals surface area contributed by atoms with Crippen LogP contribution in [0.2, 0.25) is 10.0 Å². The zero-order valence-corrected chi connectivity index (χ0v) is 11.5. The molecule has 1 aromatic rings. The number of carbonyl (C=O) groups is 1. The monoisotopic (exact) mass is 283 g/mol. The van der Waals surface area contributed by atoms with Gasteiger partial charge in [-0.2, -0.15) is 0 Å². The summed E-state index contributed by atoms with van der Waals surface area (Å²) in [6.45, 7) is 5.19. The lowest BCUT2D eigenvalue weighted by Crippen LogP contribution is -2.27. The van der Waals surface area contributed by atoms with Gasteiger partial charge in [-0.25, -0.2) is 0 Å². The van der Waals surface area contributed by atoms with Crippen LogP contribution >= 0.6 is 23.2 Å². The van der Waals surface area contributed by atoms with Gasteiger partial charge in [0.2, 0.25) is 5.91 Å². The summed E-state index contributed by atoms with van der Waals surface area (Å²) in [5, 5.41) is 1.15. The van der Waals surface area contributed by atoms with Crippen molar-refractivity contribution < 1.29 is 4.79 Å². The summed E-state index contributed by atoms with van der Waals surface area (Å²) in [6, 6.07) is 5.59. The first-order valence-corrected chi connectivity index (χ1v) is 6.70. The standard InChI is InChI=1S/C14H15Cl2NO/c1-2-10-8-13(18)17(9-10)7-6-11-4-3-5-12(15)14(11)16/h2-5,10H,1,6-9H2. The highest BCUT2D eigenvalue weighted by molar-refractivity contribution is 6.42. The third-order valence-electron chi connectivity index (χ3n) is 3.26. The van der Waals surface area contributed by atoms with Gasteiger partial charge >= 0.3 is 0 Å². The van der Waals surface area contributed by atoms with Crippen molar-refractivity contribution in [3.8, 4) is 0 Å². The molecule has 1 fully saturated rings. The third kappa shape index (κ3) is 2.88. The smallest absolute Gasteiger partial charge is 0.223 e. The van der Waals surface area contributed by atoms with Crippen LogP contribution in [0, 0.1) is 5.92 Å². The number of benzene rings is 1. The average Bonchev–Trinajstić information content (AvgIpc) is 2.72. The van der Waals surface area contributed by atoms with Gasteiger partial charge in [0.15, 0.2) is 0 Å². The van der Waals surface area contributed by atoms with Gasteiger partial charge in [-0.3, -0.25) is 4.79 Å². The molecule has 1 aliphatic heterocycles. The average molecular weight is 284 g/mol. The minimum absolute atomic E-state index is 0.193. The van der Waals surface area contributed by atoms with Gasteiger partial charge in [-0.1, -0.05) is 41.4 Å². The topological polar surface area (TPSA) is 20.3 Å². The molecule has 0 radical (unpaired) electrons. The number of halogens is 2. The Bertz CT molecular complexity index is 473. The summed E-state index contributed by atoms with van der Waals surface area (Å²) in [6.07, 6.45) is 3.16. The molecule has 0 spiro atoms. The first-order valence-electron chi connectivity index (χ1n) is 5.95. The summed E-state index contributed by atoms with van der Waals surface area (Å²) in [5.74, 6) is 0.477. The summed E-state index contributed by atoms with van der Waals surface area (Å²) in [4.78, 5) is 13.6. The van der Waals surface area contributed by atoms with Gasteiger partial charge < -0.3 is 4.90 Å². The van der Waals surface area contributed by atoms with Crippen molar-refractivity contribution >= 4 is 29.1 Å². The first-order chi connectivity index (χ1) is 8.61. The fourth-order valence-electron chi connectivity index (χ4n) is 2.17. The van der Waals surface area contributed by atoms with E-state index in [0.29, 0.717) is 23.0 Å². The number of likely N-dealkylation sites (tertiary alicyclic amines) is 1. The van der Waals surface area contributed by atoms with E-state index >= 15 is 0 Å². The van der Waals surface area contributed by atoms with Gasteiger partial charge in [0.25, 0.3) is 0 Å². The molecule has 1 unspecified atom stereocenters. The Morgan fingerprint density at radius 3 is 2.89 bits per heavy atom. The fraction of sp³-hybridized carbons (Fsp3) is 0.357. The quantitative estimate of drug-likeness (QED) is 0.774. The van der Waals surface area contributed by atoms with Crippen molar-refractivity contribution in [3.05, 3.63) is 46.5 Å². The molecule has 18 heavy (non-hydrogen) atoms. The predicted octanol–water partition coefficient (Wildman–Crippen LogP) is 3.57. The SMILES string of the molecule is C=CC1CC(=O)N(CCc2cccc(Cl)c2Cl)C1. The predicted molar refractivity (Wildman–Crippen MR) is 75.1 cm³/mol. The molecule has 0 saturated carbocycles. The van der Waals surface area contributed by atoms with Gasteiger partial charge in [0, 0.05) is 25.4 Å². The van der Waals surface area contributed by atoms with E-state index in [1.165, 1.54) is 0 Å². The van der Waals surface area contributed by atoms with Crippen LogP contribution in [0.5, 0.6) is 0 Å². The van der Waals surface area contributed by atoms with Crippen LogP contribution in [0.15, 0.2) is 30.9 Å². The lowest BCUT2D eigenvalue weighted by Gasteiger charge is -2.16. The molecule has 0 aromatic heterocycles. The van der Waals surface area contributed by atoms with Crippen LogP contribution < -0.4 is 0 Å². The number of nitrogens with zero attached hydrogens (tertiary/aromatic N) is 1. The molecule has 96 valence electrons. The Morgan fingerprint density at radius 2 is 2.22 bits per heavy atom. The van der Waals surface area contributed by atoms with Gasteiger partial charge in [0.1, 0.15) is 0 Å². The maximum absolute atomic E-state index is 11.7. The van der Waals surface area contributed by atoms with Gasteiger partial charge in [-0.15, -0.1) is 6.58 Å². The Balaban J connectivity index is 1.98. The Labute approximate surface area is 117 Å². The highest BCUT2D eigenvalue weighted by Crippen LogP contribution is 2.26. The minimum Gasteiger partial charge on any atom is -0.342 e. The van der Waals surface area contributed by atoms with Gasteiger partial charge in [-0.05, 0) is 18.1 Å². The van der Waals surface area contributed by atoms with E-state index < -0.39 is 0 Å². The molecule has 1 atom stereocenters. The van der Waals surface area contributed by atoms with E-state index in [9.17, 15) is 4.79 Å². The number of amides is 1. The molecule has 0 N–H and O–H groups in total. The van der Waals surface area contributed by atoms with Crippen molar-refractivity contribution in [1.82, 2.24) is 4.90 Å². The molecular weight excluding hydrogens is 269 g/mol. The number of rotatable bonds is 4. The largest absolute Gasteiger partial charge is 0.342 e. The van der Waals surface area contributed by atoms with E-state index in [-0.39, 0.29) is 11.8 Å².